The van der Waals surface area contributed by atoms with Gasteiger partial charge in [0.25, 0.3) is 0 Å². The van der Waals surface area contributed by atoms with E-state index in [1.165, 1.54) is 0 Å². The molecule has 1 N–H and O–H groups in total. The van der Waals surface area contributed by atoms with E-state index in [0.717, 1.165) is 0 Å². The van der Waals surface area contributed by atoms with Crippen LogP contribution in [0.4, 0.5) is 13.2 Å². The van der Waals surface area contributed by atoms with Gasteiger partial charge in [0.1, 0.15) is 5.75 Å². The lowest BCUT2D eigenvalue weighted by Gasteiger charge is -2.15. The van der Waals surface area contributed by atoms with Crippen LogP contribution in [0.5, 0.6) is 5.75 Å². The molecule has 1 aromatic carbocycles. The molecule has 1 atom stereocenters. The molecule has 18 heavy (non-hydrogen) atoms. The van der Waals surface area contributed by atoms with Gasteiger partial charge in [0.15, 0.2) is 0 Å². The summed E-state index contributed by atoms with van der Waals surface area (Å²) in [5.74, 6) is 0.273. The number of rotatable bonds is 6. The van der Waals surface area contributed by atoms with E-state index in [1.807, 2.05) is 6.92 Å². The second kappa shape index (κ2) is 6.89. The van der Waals surface area contributed by atoms with Crippen LogP contribution in [0.15, 0.2) is 24.3 Å². The highest BCUT2D eigenvalue weighted by Gasteiger charge is 2.27. The lowest BCUT2D eigenvalue weighted by atomic mass is 10.1. The van der Waals surface area contributed by atoms with Crippen molar-refractivity contribution in [3.63, 3.8) is 0 Å². The van der Waals surface area contributed by atoms with Crippen LogP contribution >= 0.6 is 11.8 Å². The number of alkyl halides is 3. The summed E-state index contributed by atoms with van der Waals surface area (Å²) < 4.78 is 41.0. The van der Waals surface area contributed by atoms with Gasteiger partial charge in [0.2, 0.25) is 0 Å². The van der Waals surface area contributed by atoms with Crippen LogP contribution < -0.4 is 4.74 Å². The van der Waals surface area contributed by atoms with Crippen LogP contribution in [0, 0.1) is 0 Å². The molecule has 102 valence electrons. The van der Waals surface area contributed by atoms with E-state index >= 15 is 0 Å². The van der Waals surface area contributed by atoms with Gasteiger partial charge in [-0.05, 0) is 24.2 Å². The minimum Gasteiger partial charge on any atom is -0.492 e. The van der Waals surface area contributed by atoms with E-state index in [1.54, 1.807) is 24.3 Å². The Labute approximate surface area is 108 Å². The van der Waals surface area contributed by atoms with Crippen LogP contribution in [0.2, 0.25) is 0 Å². The molecule has 0 spiro atoms. The van der Waals surface area contributed by atoms with Crippen LogP contribution in [0.25, 0.3) is 0 Å². The summed E-state index contributed by atoms with van der Waals surface area (Å²) >= 11 is -0.115. The third kappa shape index (κ3) is 5.18. The van der Waals surface area contributed by atoms with Gasteiger partial charge in [0, 0.05) is 11.3 Å². The first-order valence-corrected chi connectivity index (χ1v) is 6.53. The van der Waals surface area contributed by atoms with E-state index in [9.17, 15) is 18.3 Å². The number of benzene rings is 1. The molecule has 0 radical (unpaired) electrons. The van der Waals surface area contributed by atoms with Crippen LogP contribution in [-0.4, -0.2) is 23.0 Å². The largest absolute Gasteiger partial charge is 0.492 e. The smallest absolute Gasteiger partial charge is 0.441 e. The van der Waals surface area contributed by atoms with E-state index in [0.29, 0.717) is 17.7 Å². The van der Waals surface area contributed by atoms with Gasteiger partial charge < -0.3 is 9.84 Å². The first kappa shape index (κ1) is 15.2. The van der Waals surface area contributed by atoms with Crippen LogP contribution in [0.3, 0.4) is 0 Å². The fourth-order valence-corrected chi connectivity index (χ4v) is 1.81. The molecule has 0 aromatic heterocycles. The minimum absolute atomic E-state index is 0.0440. The van der Waals surface area contributed by atoms with Gasteiger partial charge in [-0.15, -0.1) is 0 Å². The molecule has 0 bridgehead atoms. The highest BCUT2D eigenvalue weighted by Crippen LogP contribution is 2.31. The quantitative estimate of drug-likeness (QED) is 0.804. The van der Waals surface area contributed by atoms with Crippen LogP contribution in [0.1, 0.15) is 25.0 Å². The fourth-order valence-electron chi connectivity index (χ4n) is 1.42. The summed E-state index contributed by atoms with van der Waals surface area (Å²) in [6.07, 6.45) is -0.131. The summed E-state index contributed by atoms with van der Waals surface area (Å²) in [5.41, 5.74) is -3.62. The molecule has 0 aliphatic carbocycles. The highest BCUT2D eigenvalue weighted by atomic mass is 32.2. The molecule has 0 unspecified atom stereocenters. The van der Waals surface area contributed by atoms with Gasteiger partial charge in [-0.1, -0.05) is 25.1 Å². The van der Waals surface area contributed by atoms with Crippen molar-refractivity contribution in [2.45, 2.75) is 25.0 Å². The Balaban J connectivity index is 2.52. The molecule has 0 saturated heterocycles. The Morgan fingerprint density at radius 3 is 2.61 bits per heavy atom. The Morgan fingerprint density at radius 2 is 2.00 bits per heavy atom. The number of aliphatic hydroxyl groups is 1. The summed E-state index contributed by atoms with van der Waals surface area (Å²) in [6, 6.07) is 6.83. The van der Waals surface area contributed by atoms with Crippen molar-refractivity contribution in [1.82, 2.24) is 0 Å². The number of hydrogen-bond acceptors (Lipinski definition) is 3. The van der Waals surface area contributed by atoms with Crippen molar-refractivity contribution in [3.8, 4) is 5.75 Å². The molecule has 0 saturated carbocycles. The van der Waals surface area contributed by atoms with Crippen molar-refractivity contribution in [1.29, 1.82) is 0 Å². The minimum atomic E-state index is -4.23. The third-order valence-corrected chi connectivity index (χ3v) is 2.97. The Bertz CT molecular complexity index is 369. The number of hydrogen-bond donors (Lipinski definition) is 1. The maximum absolute atomic E-state index is 11.9. The molecule has 0 heterocycles. The fraction of sp³-hybridized carbons (Fsp3) is 0.500. The Hall–Kier alpha value is -0.880. The second-order valence-corrected chi connectivity index (χ2v) is 4.76. The molecule has 0 aliphatic rings. The zero-order valence-electron chi connectivity index (χ0n) is 9.91. The Morgan fingerprint density at radius 1 is 1.33 bits per heavy atom. The third-order valence-electron chi connectivity index (χ3n) is 2.27. The summed E-state index contributed by atoms with van der Waals surface area (Å²) in [5, 5.41) is 9.73. The molecule has 2 nitrogen and oxygen atoms in total. The van der Waals surface area contributed by atoms with Crippen molar-refractivity contribution in [2.24, 2.45) is 0 Å². The zero-order chi connectivity index (χ0) is 13.6. The maximum Gasteiger partial charge on any atom is 0.441 e. The molecule has 1 rings (SSSR count). The molecule has 1 aromatic rings. The van der Waals surface area contributed by atoms with E-state index in [-0.39, 0.29) is 24.1 Å². The predicted molar refractivity (Wildman–Crippen MR) is 65.7 cm³/mol. The normalized spacial score (nSPS) is 13.4. The highest BCUT2D eigenvalue weighted by molar-refractivity contribution is 8.00. The topological polar surface area (TPSA) is 29.5 Å². The van der Waals surface area contributed by atoms with E-state index in [4.69, 9.17) is 4.74 Å². The molecule has 0 fully saturated rings. The van der Waals surface area contributed by atoms with Crippen LogP contribution in [-0.2, 0) is 0 Å². The first-order valence-electron chi connectivity index (χ1n) is 5.54. The number of aliphatic hydroxyl groups excluding tert-OH is 1. The average Bonchev–Trinajstić information content (AvgIpc) is 2.33. The van der Waals surface area contributed by atoms with Gasteiger partial charge in [-0.3, -0.25) is 0 Å². The molecule has 6 heteroatoms. The summed E-state index contributed by atoms with van der Waals surface area (Å²) in [4.78, 5) is 0. The van der Waals surface area contributed by atoms with E-state index < -0.39 is 11.6 Å². The number of para-hydroxylation sites is 1. The van der Waals surface area contributed by atoms with E-state index in [2.05, 4.69) is 0 Å². The van der Waals surface area contributed by atoms with Gasteiger partial charge >= 0.3 is 5.51 Å². The summed E-state index contributed by atoms with van der Waals surface area (Å²) in [6.45, 7) is 1.78. The average molecular weight is 280 g/mol. The molecule has 0 amide bonds. The first-order chi connectivity index (χ1) is 8.44. The second-order valence-electron chi connectivity index (χ2n) is 3.60. The SMILES string of the molecule is CC[C@@H](O)c1ccccc1OCCSC(F)(F)F. The standard InChI is InChI=1S/C12H15F3O2S/c1-2-10(16)9-5-3-4-6-11(9)17-7-8-18-12(13,14)15/h3-6,10,16H,2,7-8H2,1H3/t10-/m1/s1. The Kier molecular flexibility index (Phi) is 5.81. The molecular formula is C12H15F3O2S. The number of thioether (sulfide) groups is 1. The summed E-state index contributed by atoms with van der Waals surface area (Å²) in [7, 11) is 0. The molecular weight excluding hydrogens is 265 g/mol. The molecule has 0 aliphatic heterocycles. The predicted octanol–water partition coefficient (Wildman–Crippen LogP) is 3.76. The van der Waals surface area contributed by atoms with Crippen molar-refractivity contribution in [2.75, 3.05) is 12.4 Å². The monoisotopic (exact) mass is 280 g/mol. The number of ether oxygens (including phenoxy) is 1. The van der Waals surface area contributed by atoms with Crippen molar-refractivity contribution >= 4 is 11.8 Å². The van der Waals surface area contributed by atoms with Gasteiger partial charge in [0.05, 0.1) is 12.7 Å². The lowest BCUT2D eigenvalue weighted by molar-refractivity contribution is -0.0329. The van der Waals surface area contributed by atoms with Gasteiger partial charge in [-0.25, -0.2) is 0 Å². The van der Waals surface area contributed by atoms with Crippen molar-refractivity contribution < 1.29 is 23.0 Å². The number of halogens is 3. The lowest BCUT2D eigenvalue weighted by Crippen LogP contribution is -2.09. The maximum atomic E-state index is 11.9. The zero-order valence-corrected chi connectivity index (χ0v) is 10.7. The van der Waals surface area contributed by atoms with Crippen molar-refractivity contribution in [3.05, 3.63) is 29.8 Å². The van der Waals surface area contributed by atoms with Gasteiger partial charge in [-0.2, -0.15) is 13.2 Å².